The van der Waals surface area contributed by atoms with Gasteiger partial charge in [-0.1, -0.05) is 26.7 Å². The van der Waals surface area contributed by atoms with Crippen LogP contribution >= 0.6 is 11.3 Å². The highest BCUT2D eigenvalue weighted by atomic mass is 32.1. The maximum Gasteiger partial charge on any atom is 0.0897 e. The van der Waals surface area contributed by atoms with Crippen LogP contribution in [0.2, 0.25) is 0 Å². The third kappa shape index (κ3) is 4.27. The van der Waals surface area contributed by atoms with Crippen LogP contribution in [0.5, 0.6) is 0 Å². The van der Waals surface area contributed by atoms with Gasteiger partial charge in [-0.15, -0.1) is 11.3 Å². The Balaban J connectivity index is 2.04. The molecule has 0 aromatic carbocycles. The molecule has 1 aliphatic rings. The van der Waals surface area contributed by atoms with Crippen LogP contribution in [0.3, 0.4) is 0 Å². The fraction of sp³-hybridized carbons (Fsp3) is 0.824. The van der Waals surface area contributed by atoms with E-state index in [4.69, 9.17) is 5.73 Å². The standard InChI is InChI=1S/C17H31N3S/c1-13(2)8-15-6-5-7-17(9-15,12-18)20(4)10-16-11-21-14(3)19-16/h11,13,15H,5-10,12,18H2,1-4H3. The van der Waals surface area contributed by atoms with Crippen molar-refractivity contribution in [1.82, 2.24) is 9.88 Å². The van der Waals surface area contributed by atoms with Gasteiger partial charge in [0.15, 0.2) is 0 Å². The van der Waals surface area contributed by atoms with Crippen molar-refractivity contribution < 1.29 is 0 Å². The summed E-state index contributed by atoms with van der Waals surface area (Å²) < 4.78 is 0. The Labute approximate surface area is 133 Å². The zero-order valence-corrected chi connectivity index (χ0v) is 14.9. The summed E-state index contributed by atoms with van der Waals surface area (Å²) in [5.41, 5.74) is 7.60. The summed E-state index contributed by atoms with van der Waals surface area (Å²) in [5, 5.41) is 3.34. The quantitative estimate of drug-likeness (QED) is 0.868. The van der Waals surface area contributed by atoms with Gasteiger partial charge in [0.05, 0.1) is 10.7 Å². The first-order valence-corrected chi connectivity index (χ1v) is 9.15. The minimum atomic E-state index is 0.176. The Morgan fingerprint density at radius 3 is 2.86 bits per heavy atom. The van der Waals surface area contributed by atoms with Crippen LogP contribution < -0.4 is 5.73 Å². The highest BCUT2D eigenvalue weighted by Crippen LogP contribution is 2.39. The zero-order chi connectivity index (χ0) is 15.5. The third-order valence-electron chi connectivity index (χ3n) is 4.98. The number of thiazole rings is 1. The van der Waals surface area contributed by atoms with E-state index in [1.807, 2.05) is 0 Å². The lowest BCUT2D eigenvalue weighted by Gasteiger charge is -2.47. The number of hydrogen-bond donors (Lipinski definition) is 1. The van der Waals surface area contributed by atoms with E-state index in [-0.39, 0.29) is 5.54 Å². The Morgan fingerprint density at radius 1 is 1.52 bits per heavy atom. The molecule has 0 radical (unpaired) electrons. The fourth-order valence-corrected chi connectivity index (χ4v) is 4.51. The van der Waals surface area contributed by atoms with Crippen molar-refractivity contribution in [3.05, 3.63) is 16.1 Å². The fourth-order valence-electron chi connectivity index (χ4n) is 3.91. The maximum absolute atomic E-state index is 6.23. The number of rotatable bonds is 6. The number of aryl methyl sites for hydroxylation is 1. The highest BCUT2D eigenvalue weighted by Gasteiger charge is 2.38. The molecule has 2 atom stereocenters. The van der Waals surface area contributed by atoms with E-state index < -0.39 is 0 Å². The lowest BCUT2D eigenvalue weighted by Crippen LogP contribution is -2.54. The molecule has 1 heterocycles. The number of nitrogens with zero attached hydrogens (tertiary/aromatic N) is 2. The second kappa shape index (κ2) is 7.21. The number of hydrogen-bond acceptors (Lipinski definition) is 4. The van der Waals surface area contributed by atoms with Gasteiger partial charge in [0.25, 0.3) is 0 Å². The number of nitrogens with two attached hydrogens (primary N) is 1. The van der Waals surface area contributed by atoms with Gasteiger partial charge in [-0.2, -0.15) is 0 Å². The van der Waals surface area contributed by atoms with Crippen molar-refractivity contribution in [3.8, 4) is 0 Å². The minimum absolute atomic E-state index is 0.176. The molecule has 2 unspecified atom stereocenters. The molecule has 0 amide bonds. The lowest BCUT2D eigenvalue weighted by molar-refractivity contribution is 0.0454. The van der Waals surface area contributed by atoms with Crippen molar-refractivity contribution in [2.45, 2.75) is 65.0 Å². The average molecular weight is 310 g/mol. The second-order valence-corrected chi connectivity index (χ2v) is 8.30. The van der Waals surface area contributed by atoms with E-state index in [1.165, 1.54) is 37.8 Å². The van der Waals surface area contributed by atoms with Crippen LogP contribution in [0.15, 0.2) is 5.38 Å². The lowest BCUT2D eigenvalue weighted by atomic mass is 9.72. The van der Waals surface area contributed by atoms with E-state index in [1.54, 1.807) is 11.3 Å². The van der Waals surface area contributed by atoms with E-state index in [0.717, 1.165) is 29.9 Å². The average Bonchev–Trinajstić information content (AvgIpc) is 2.83. The summed E-state index contributed by atoms with van der Waals surface area (Å²) in [5.74, 6) is 1.62. The van der Waals surface area contributed by atoms with Gasteiger partial charge in [0, 0.05) is 24.0 Å². The summed E-state index contributed by atoms with van der Waals surface area (Å²) in [6.07, 6.45) is 6.52. The second-order valence-electron chi connectivity index (χ2n) is 7.23. The smallest absolute Gasteiger partial charge is 0.0897 e. The predicted octanol–water partition coefficient (Wildman–Crippen LogP) is 3.82. The molecule has 0 saturated heterocycles. The topological polar surface area (TPSA) is 42.2 Å². The molecule has 1 aliphatic carbocycles. The van der Waals surface area contributed by atoms with Crippen LogP contribution in [0.25, 0.3) is 0 Å². The van der Waals surface area contributed by atoms with Crippen LogP contribution in [-0.2, 0) is 6.54 Å². The predicted molar refractivity (Wildman–Crippen MR) is 91.5 cm³/mol. The molecule has 0 aliphatic heterocycles. The first-order chi connectivity index (χ1) is 9.95. The first-order valence-electron chi connectivity index (χ1n) is 8.27. The molecule has 1 fully saturated rings. The molecule has 2 N–H and O–H groups in total. The van der Waals surface area contributed by atoms with Gasteiger partial charge in [0.1, 0.15) is 0 Å². The van der Waals surface area contributed by atoms with Gasteiger partial charge < -0.3 is 5.73 Å². The summed E-state index contributed by atoms with van der Waals surface area (Å²) in [7, 11) is 2.24. The van der Waals surface area contributed by atoms with E-state index in [0.29, 0.717) is 0 Å². The molecule has 120 valence electrons. The van der Waals surface area contributed by atoms with Crippen molar-refractivity contribution >= 4 is 11.3 Å². The number of aromatic nitrogens is 1. The van der Waals surface area contributed by atoms with Gasteiger partial charge in [0.2, 0.25) is 0 Å². The van der Waals surface area contributed by atoms with Crippen LogP contribution in [0.4, 0.5) is 0 Å². The van der Waals surface area contributed by atoms with Gasteiger partial charge >= 0.3 is 0 Å². The van der Waals surface area contributed by atoms with Crippen LogP contribution in [0.1, 0.15) is 56.7 Å². The Hall–Kier alpha value is -0.450. The van der Waals surface area contributed by atoms with E-state index in [9.17, 15) is 0 Å². The molecule has 4 heteroatoms. The summed E-state index contributed by atoms with van der Waals surface area (Å²) in [6, 6.07) is 0. The normalized spacial score (nSPS) is 26.7. The van der Waals surface area contributed by atoms with Crippen LogP contribution in [0, 0.1) is 18.8 Å². The molecular weight excluding hydrogens is 278 g/mol. The number of likely N-dealkylation sites (N-methyl/N-ethyl adjacent to an activating group) is 1. The molecule has 2 rings (SSSR count). The Morgan fingerprint density at radius 2 is 2.29 bits per heavy atom. The molecule has 3 nitrogen and oxygen atoms in total. The SMILES string of the molecule is Cc1nc(CN(C)C2(CN)CCCC(CC(C)C)C2)cs1. The molecular formula is C17H31N3S. The Bertz CT molecular complexity index is 443. The van der Waals surface area contributed by atoms with E-state index in [2.05, 4.69) is 43.1 Å². The van der Waals surface area contributed by atoms with Gasteiger partial charge in [-0.05, 0) is 45.1 Å². The van der Waals surface area contributed by atoms with Gasteiger partial charge in [-0.3, -0.25) is 4.90 Å². The molecule has 0 bridgehead atoms. The van der Waals surface area contributed by atoms with Crippen molar-refractivity contribution in [2.75, 3.05) is 13.6 Å². The maximum atomic E-state index is 6.23. The molecule has 1 aromatic heterocycles. The largest absolute Gasteiger partial charge is 0.329 e. The first kappa shape index (κ1) is 16.9. The van der Waals surface area contributed by atoms with Crippen molar-refractivity contribution in [2.24, 2.45) is 17.6 Å². The summed E-state index contributed by atoms with van der Waals surface area (Å²) >= 11 is 1.74. The summed E-state index contributed by atoms with van der Waals surface area (Å²) in [6.45, 7) is 8.43. The zero-order valence-electron chi connectivity index (χ0n) is 14.1. The van der Waals surface area contributed by atoms with E-state index >= 15 is 0 Å². The third-order valence-corrected chi connectivity index (χ3v) is 5.81. The van der Waals surface area contributed by atoms with Crippen molar-refractivity contribution in [3.63, 3.8) is 0 Å². The molecule has 1 saturated carbocycles. The molecule has 21 heavy (non-hydrogen) atoms. The van der Waals surface area contributed by atoms with Crippen molar-refractivity contribution in [1.29, 1.82) is 0 Å². The Kier molecular flexibility index (Phi) is 5.81. The summed E-state index contributed by atoms with van der Waals surface area (Å²) in [4.78, 5) is 7.09. The molecule has 1 aromatic rings. The van der Waals surface area contributed by atoms with Gasteiger partial charge in [-0.25, -0.2) is 4.98 Å². The minimum Gasteiger partial charge on any atom is -0.329 e. The molecule has 0 spiro atoms. The highest BCUT2D eigenvalue weighted by molar-refractivity contribution is 7.09. The monoisotopic (exact) mass is 309 g/mol. The van der Waals surface area contributed by atoms with Crippen LogP contribution in [-0.4, -0.2) is 29.0 Å².